The highest BCUT2D eigenvalue weighted by Crippen LogP contribution is 2.35. The van der Waals surface area contributed by atoms with Crippen LogP contribution in [0, 0.1) is 5.92 Å². The highest BCUT2D eigenvalue weighted by atomic mass is 16.7. The summed E-state index contributed by atoms with van der Waals surface area (Å²) in [5, 5.41) is 21.7. The maximum absolute atomic E-state index is 11.7. The summed E-state index contributed by atoms with van der Waals surface area (Å²) >= 11 is 0. The van der Waals surface area contributed by atoms with Gasteiger partial charge in [0.05, 0.1) is 0 Å². The number of nitrogens with one attached hydrogen (secondary N) is 1. The van der Waals surface area contributed by atoms with Crippen LogP contribution >= 0.6 is 0 Å². The number of carboxylic acids is 2. The van der Waals surface area contributed by atoms with Crippen molar-refractivity contribution in [3.63, 3.8) is 0 Å². The average Bonchev–Trinajstić information content (AvgIpc) is 3.14. The molecule has 2 aromatic carbocycles. The second kappa shape index (κ2) is 8.96. The number of ether oxygens (including phenoxy) is 2. The quantitative estimate of drug-likeness (QED) is 0.595. The van der Waals surface area contributed by atoms with Crippen LogP contribution in [0.2, 0.25) is 0 Å². The zero-order valence-corrected chi connectivity index (χ0v) is 16.4. The van der Waals surface area contributed by atoms with E-state index in [1.54, 1.807) is 0 Å². The number of aliphatic carboxylic acids is 2. The van der Waals surface area contributed by atoms with Gasteiger partial charge in [-0.1, -0.05) is 44.2 Å². The minimum absolute atomic E-state index is 0.138. The van der Waals surface area contributed by atoms with Gasteiger partial charge in [0, 0.05) is 0 Å². The summed E-state index contributed by atoms with van der Waals surface area (Å²) in [6.07, 6.45) is 0.556. The third-order valence-electron chi connectivity index (χ3n) is 4.81. The Hall–Kier alpha value is -3.06. The zero-order valence-electron chi connectivity index (χ0n) is 16.4. The molecule has 154 valence electrons. The molecule has 29 heavy (non-hydrogen) atoms. The molecule has 0 fully saturated rings. The minimum atomic E-state index is -1.07. The molecule has 0 bridgehead atoms. The number of benzene rings is 2. The number of fused-ring (bicyclic) bond motifs is 1. The van der Waals surface area contributed by atoms with E-state index in [-0.39, 0.29) is 19.1 Å². The standard InChI is InChI=1S/C22H25NO6/c1-13(2)9-17(21(24)25)23-18(22(26)27)10-14-3-5-15(6-4-14)16-7-8-19-20(11-16)29-12-28-19/h3-8,11,13,17-18,23H,9-10,12H2,1-2H3,(H,24,25)(H,26,27). The van der Waals surface area contributed by atoms with Gasteiger partial charge in [-0.3, -0.25) is 14.9 Å². The molecule has 3 N–H and O–H groups in total. The molecule has 2 unspecified atom stereocenters. The first-order valence-corrected chi connectivity index (χ1v) is 9.54. The van der Waals surface area contributed by atoms with Crippen LogP contribution in [-0.4, -0.2) is 41.0 Å². The van der Waals surface area contributed by atoms with Crippen molar-refractivity contribution in [2.24, 2.45) is 5.92 Å². The molecule has 1 aliphatic heterocycles. The predicted octanol–water partition coefficient (Wildman–Crippen LogP) is 3.17. The van der Waals surface area contributed by atoms with E-state index >= 15 is 0 Å². The second-order valence-electron chi connectivity index (χ2n) is 7.55. The average molecular weight is 399 g/mol. The normalized spacial score (nSPS) is 14.6. The van der Waals surface area contributed by atoms with Gasteiger partial charge in [0.25, 0.3) is 0 Å². The Balaban J connectivity index is 1.71. The molecule has 0 aliphatic carbocycles. The van der Waals surface area contributed by atoms with E-state index in [1.807, 2.05) is 56.3 Å². The molecule has 0 aromatic heterocycles. The lowest BCUT2D eigenvalue weighted by Gasteiger charge is -2.22. The van der Waals surface area contributed by atoms with Crippen molar-refractivity contribution in [3.05, 3.63) is 48.0 Å². The van der Waals surface area contributed by atoms with Gasteiger partial charge in [-0.05, 0) is 47.6 Å². The molecule has 0 saturated heterocycles. The second-order valence-corrected chi connectivity index (χ2v) is 7.55. The van der Waals surface area contributed by atoms with E-state index < -0.39 is 24.0 Å². The molecule has 2 atom stereocenters. The van der Waals surface area contributed by atoms with Crippen LogP contribution in [0.15, 0.2) is 42.5 Å². The van der Waals surface area contributed by atoms with Crippen LogP contribution in [-0.2, 0) is 16.0 Å². The van der Waals surface area contributed by atoms with E-state index in [0.29, 0.717) is 12.2 Å². The SMILES string of the molecule is CC(C)CC(NC(Cc1ccc(-c2ccc3c(c2)OCO3)cc1)C(=O)O)C(=O)O. The lowest BCUT2D eigenvalue weighted by molar-refractivity contribution is -0.142. The van der Waals surface area contributed by atoms with Crippen molar-refractivity contribution in [1.29, 1.82) is 0 Å². The van der Waals surface area contributed by atoms with Crippen LogP contribution < -0.4 is 14.8 Å². The zero-order chi connectivity index (χ0) is 21.0. The van der Waals surface area contributed by atoms with Crippen LogP contribution in [0.25, 0.3) is 11.1 Å². The molecule has 7 nitrogen and oxygen atoms in total. The fourth-order valence-electron chi connectivity index (χ4n) is 3.32. The topological polar surface area (TPSA) is 105 Å². The van der Waals surface area contributed by atoms with E-state index in [2.05, 4.69) is 5.32 Å². The van der Waals surface area contributed by atoms with Gasteiger partial charge in [-0.15, -0.1) is 0 Å². The van der Waals surface area contributed by atoms with Crippen molar-refractivity contribution in [1.82, 2.24) is 5.32 Å². The molecule has 2 aromatic rings. The number of carboxylic acid groups (broad SMARTS) is 2. The molecule has 1 heterocycles. The Morgan fingerprint density at radius 3 is 2.17 bits per heavy atom. The Kier molecular flexibility index (Phi) is 6.39. The molecular weight excluding hydrogens is 374 g/mol. The van der Waals surface area contributed by atoms with Crippen molar-refractivity contribution < 1.29 is 29.3 Å². The predicted molar refractivity (Wildman–Crippen MR) is 107 cm³/mol. The summed E-state index contributed by atoms with van der Waals surface area (Å²) in [5.41, 5.74) is 2.75. The lowest BCUT2D eigenvalue weighted by atomic mass is 9.98. The van der Waals surface area contributed by atoms with Gasteiger partial charge in [0.15, 0.2) is 11.5 Å². The van der Waals surface area contributed by atoms with Gasteiger partial charge in [-0.25, -0.2) is 0 Å². The van der Waals surface area contributed by atoms with Gasteiger partial charge in [-0.2, -0.15) is 0 Å². The highest BCUT2D eigenvalue weighted by molar-refractivity contribution is 5.78. The van der Waals surface area contributed by atoms with Crippen LogP contribution in [0.4, 0.5) is 0 Å². The van der Waals surface area contributed by atoms with E-state index in [1.165, 1.54) is 0 Å². The lowest BCUT2D eigenvalue weighted by Crippen LogP contribution is -2.48. The molecule has 0 amide bonds. The Morgan fingerprint density at radius 1 is 0.931 bits per heavy atom. The summed E-state index contributed by atoms with van der Waals surface area (Å²) in [7, 11) is 0. The van der Waals surface area contributed by atoms with Crippen LogP contribution in [0.3, 0.4) is 0 Å². The largest absolute Gasteiger partial charge is 0.480 e. The summed E-state index contributed by atoms with van der Waals surface area (Å²) in [5.74, 6) is -0.552. The third kappa shape index (κ3) is 5.26. The number of hydrogen-bond donors (Lipinski definition) is 3. The van der Waals surface area contributed by atoms with Gasteiger partial charge < -0.3 is 19.7 Å². The molecule has 0 saturated carbocycles. The Bertz CT molecular complexity index is 877. The Labute approximate surface area is 169 Å². The maximum Gasteiger partial charge on any atom is 0.321 e. The van der Waals surface area contributed by atoms with Crippen LogP contribution in [0.5, 0.6) is 11.5 Å². The van der Waals surface area contributed by atoms with Gasteiger partial charge in [0.2, 0.25) is 6.79 Å². The fraction of sp³-hybridized carbons (Fsp3) is 0.364. The van der Waals surface area contributed by atoms with E-state index in [4.69, 9.17) is 9.47 Å². The molecule has 0 spiro atoms. The Morgan fingerprint density at radius 2 is 1.55 bits per heavy atom. The van der Waals surface area contributed by atoms with E-state index in [0.717, 1.165) is 22.4 Å². The third-order valence-corrected chi connectivity index (χ3v) is 4.81. The smallest absolute Gasteiger partial charge is 0.321 e. The first-order valence-electron chi connectivity index (χ1n) is 9.54. The van der Waals surface area contributed by atoms with E-state index in [9.17, 15) is 19.8 Å². The van der Waals surface area contributed by atoms with Crippen molar-refractivity contribution >= 4 is 11.9 Å². The van der Waals surface area contributed by atoms with Crippen molar-refractivity contribution in [2.75, 3.05) is 6.79 Å². The monoisotopic (exact) mass is 399 g/mol. The summed E-state index contributed by atoms with van der Waals surface area (Å²) < 4.78 is 10.7. The van der Waals surface area contributed by atoms with Gasteiger partial charge >= 0.3 is 11.9 Å². The molecular formula is C22H25NO6. The number of hydrogen-bond acceptors (Lipinski definition) is 5. The molecule has 7 heteroatoms. The van der Waals surface area contributed by atoms with Crippen molar-refractivity contribution in [2.45, 2.75) is 38.8 Å². The number of carbonyl (C=O) groups is 2. The number of rotatable bonds is 9. The maximum atomic E-state index is 11.7. The van der Waals surface area contributed by atoms with Crippen LogP contribution in [0.1, 0.15) is 25.8 Å². The highest BCUT2D eigenvalue weighted by Gasteiger charge is 2.26. The molecule has 1 aliphatic rings. The first kappa shape index (κ1) is 20.7. The minimum Gasteiger partial charge on any atom is -0.480 e. The summed E-state index contributed by atoms with van der Waals surface area (Å²) in [4.78, 5) is 23.1. The van der Waals surface area contributed by atoms with Crippen molar-refractivity contribution in [3.8, 4) is 22.6 Å². The molecule has 0 radical (unpaired) electrons. The molecule has 3 rings (SSSR count). The summed E-state index contributed by atoms with van der Waals surface area (Å²) in [6, 6.07) is 11.4. The summed E-state index contributed by atoms with van der Waals surface area (Å²) in [6.45, 7) is 4.03. The fourth-order valence-corrected chi connectivity index (χ4v) is 3.32. The van der Waals surface area contributed by atoms with Gasteiger partial charge in [0.1, 0.15) is 12.1 Å². The first-order chi connectivity index (χ1) is 13.8.